The van der Waals surface area contributed by atoms with Crippen molar-refractivity contribution in [1.82, 2.24) is 20.3 Å². The van der Waals surface area contributed by atoms with Crippen molar-refractivity contribution < 1.29 is 13.9 Å². The van der Waals surface area contributed by atoms with Gasteiger partial charge in [-0.25, -0.2) is 19.3 Å². The summed E-state index contributed by atoms with van der Waals surface area (Å²) in [6, 6.07) is 9.11. The van der Waals surface area contributed by atoms with E-state index in [4.69, 9.17) is 9.47 Å². The first kappa shape index (κ1) is 21.1. The lowest BCUT2D eigenvalue weighted by Crippen LogP contribution is -2.43. The van der Waals surface area contributed by atoms with Gasteiger partial charge in [-0.05, 0) is 30.3 Å². The Hall–Kier alpha value is -3.17. The summed E-state index contributed by atoms with van der Waals surface area (Å²) in [5.41, 5.74) is 1.84. The van der Waals surface area contributed by atoms with Crippen molar-refractivity contribution >= 4 is 29.9 Å². The molecule has 0 radical (unpaired) electrons. The Morgan fingerprint density at radius 3 is 2.55 bits per heavy atom. The number of ether oxygens (including phenoxy) is 2. The highest BCUT2D eigenvalue weighted by molar-refractivity contribution is 5.85. The smallest absolute Gasteiger partial charge is 0.229 e. The van der Waals surface area contributed by atoms with Crippen LogP contribution in [0.1, 0.15) is 0 Å². The minimum absolute atomic E-state index is 0. The van der Waals surface area contributed by atoms with Crippen LogP contribution in [0.5, 0.6) is 11.5 Å². The lowest BCUT2D eigenvalue weighted by Gasteiger charge is -2.29. The van der Waals surface area contributed by atoms with E-state index in [1.54, 1.807) is 18.2 Å². The molecule has 0 aliphatic carbocycles. The van der Waals surface area contributed by atoms with Crippen molar-refractivity contribution in [1.29, 1.82) is 0 Å². The summed E-state index contributed by atoms with van der Waals surface area (Å²) in [5.74, 6) is 1.57. The second-order valence-electron chi connectivity index (χ2n) is 7.01. The van der Waals surface area contributed by atoms with Gasteiger partial charge >= 0.3 is 0 Å². The Morgan fingerprint density at radius 1 is 0.968 bits per heavy atom. The zero-order chi connectivity index (χ0) is 20.3. The van der Waals surface area contributed by atoms with Crippen LogP contribution in [0.2, 0.25) is 0 Å². The third-order valence-electron chi connectivity index (χ3n) is 5.03. The Balaban J connectivity index is 0.00000231. The molecule has 0 unspecified atom stereocenters. The molecule has 8 nitrogen and oxygen atoms in total. The Labute approximate surface area is 185 Å². The quantitative estimate of drug-likeness (QED) is 0.635. The summed E-state index contributed by atoms with van der Waals surface area (Å²) >= 11 is 0. The molecule has 31 heavy (non-hydrogen) atoms. The van der Waals surface area contributed by atoms with Gasteiger partial charge in [-0.1, -0.05) is 0 Å². The maximum absolute atomic E-state index is 14.4. The first-order valence-corrected chi connectivity index (χ1v) is 9.87. The number of halogens is 2. The van der Waals surface area contributed by atoms with Gasteiger partial charge in [0.15, 0.2) is 17.3 Å². The fourth-order valence-electron chi connectivity index (χ4n) is 3.51. The summed E-state index contributed by atoms with van der Waals surface area (Å²) in [6.45, 7) is 4.80. The second kappa shape index (κ2) is 9.32. The standard InChI is InChI=1S/C21H21FN6O2.ClH/c22-16-13-25-21(26-19-4-2-15(12-24-19)28-7-5-23-6-8-28)27-20(16)14-1-3-17-18(11-14)30-10-9-29-17;/h1-4,11-13,23H,5-10H2,(H,24,25,26,27);1H. The van der Waals surface area contributed by atoms with E-state index in [9.17, 15) is 4.39 Å². The second-order valence-corrected chi connectivity index (χ2v) is 7.01. The van der Waals surface area contributed by atoms with Gasteiger partial charge in [0.05, 0.1) is 18.1 Å². The molecule has 2 N–H and O–H groups in total. The van der Waals surface area contributed by atoms with Crippen molar-refractivity contribution in [2.75, 3.05) is 49.6 Å². The highest BCUT2D eigenvalue weighted by atomic mass is 35.5. The lowest BCUT2D eigenvalue weighted by molar-refractivity contribution is 0.171. The van der Waals surface area contributed by atoms with Crippen LogP contribution >= 0.6 is 12.4 Å². The molecule has 2 aliphatic rings. The van der Waals surface area contributed by atoms with E-state index >= 15 is 0 Å². The molecule has 0 spiro atoms. The Bertz CT molecular complexity index is 1050. The van der Waals surface area contributed by atoms with Crippen LogP contribution in [0.4, 0.5) is 21.8 Å². The van der Waals surface area contributed by atoms with Gasteiger partial charge in [0.1, 0.15) is 24.7 Å². The van der Waals surface area contributed by atoms with Crippen molar-refractivity contribution in [3.8, 4) is 22.8 Å². The highest BCUT2D eigenvalue weighted by Crippen LogP contribution is 2.34. The number of piperazine rings is 1. The number of hydrogen-bond donors (Lipinski definition) is 2. The van der Waals surface area contributed by atoms with Crippen LogP contribution in [-0.2, 0) is 0 Å². The molecule has 5 rings (SSSR count). The third kappa shape index (κ3) is 4.62. The molecule has 0 bridgehead atoms. The number of hydrogen-bond acceptors (Lipinski definition) is 8. The van der Waals surface area contributed by atoms with Gasteiger partial charge in [0.25, 0.3) is 0 Å². The first-order valence-electron chi connectivity index (χ1n) is 9.87. The van der Waals surface area contributed by atoms with E-state index in [-0.39, 0.29) is 24.0 Å². The first-order chi connectivity index (χ1) is 14.8. The van der Waals surface area contributed by atoms with Crippen molar-refractivity contribution in [2.24, 2.45) is 0 Å². The van der Waals surface area contributed by atoms with Crippen LogP contribution in [0.3, 0.4) is 0 Å². The summed E-state index contributed by atoms with van der Waals surface area (Å²) in [6.07, 6.45) is 2.97. The molecule has 1 fully saturated rings. The predicted molar refractivity (Wildman–Crippen MR) is 118 cm³/mol. The average Bonchev–Trinajstić information content (AvgIpc) is 2.81. The molecule has 2 aromatic heterocycles. The summed E-state index contributed by atoms with van der Waals surface area (Å²) in [5, 5.41) is 6.38. The van der Waals surface area contributed by atoms with Gasteiger partial charge in [0, 0.05) is 31.7 Å². The summed E-state index contributed by atoms with van der Waals surface area (Å²) in [4.78, 5) is 15.1. The molecule has 0 amide bonds. The van der Waals surface area contributed by atoms with Gasteiger partial charge in [-0.15, -0.1) is 12.4 Å². The minimum Gasteiger partial charge on any atom is -0.486 e. The normalized spacial score (nSPS) is 15.2. The molecular formula is C21H22ClFN6O2. The molecule has 1 aromatic carbocycles. The van der Waals surface area contributed by atoms with Crippen LogP contribution in [0, 0.1) is 5.82 Å². The Kier molecular flexibility index (Phi) is 6.34. The van der Waals surface area contributed by atoms with Crippen LogP contribution < -0.4 is 25.0 Å². The van der Waals surface area contributed by atoms with Crippen molar-refractivity contribution in [2.45, 2.75) is 0 Å². The van der Waals surface area contributed by atoms with E-state index in [1.165, 1.54) is 0 Å². The Morgan fingerprint density at radius 2 is 1.77 bits per heavy atom. The molecule has 2 aliphatic heterocycles. The average molecular weight is 445 g/mol. The number of aromatic nitrogens is 3. The van der Waals surface area contributed by atoms with E-state index in [0.29, 0.717) is 36.1 Å². The van der Waals surface area contributed by atoms with Crippen molar-refractivity contribution in [3.63, 3.8) is 0 Å². The van der Waals surface area contributed by atoms with Crippen LogP contribution in [0.15, 0.2) is 42.7 Å². The number of pyridine rings is 1. The van der Waals surface area contributed by atoms with E-state index in [0.717, 1.165) is 38.1 Å². The lowest BCUT2D eigenvalue weighted by atomic mass is 10.1. The number of rotatable bonds is 4. The van der Waals surface area contributed by atoms with Gasteiger partial charge in [-0.2, -0.15) is 0 Å². The predicted octanol–water partition coefficient (Wildman–Crippen LogP) is 3.02. The topological polar surface area (TPSA) is 84.4 Å². The fraction of sp³-hybridized carbons (Fsp3) is 0.286. The SMILES string of the molecule is Cl.Fc1cnc(Nc2ccc(N3CCNCC3)cn2)nc1-c1ccc2c(c1)OCCO2. The molecule has 0 atom stereocenters. The molecule has 162 valence electrons. The molecular weight excluding hydrogens is 423 g/mol. The molecule has 3 aromatic rings. The number of nitrogens with zero attached hydrogens (tertiary/aromatic N) is 4. The summed E-state index contributed by atoms with van der Waals surface area (Å²) < 4.78 is 25.5. The molecule has 4 heterocycles. The maximum Gasteiger partial charge on any atom is 0.229 e. The number of benzene rings is 1. The zero-order valence-electron chi connectivity index (χ0n) is 16.7. The number of anilines is 3. The van der Waals surface area contributed by atoms with E-state index in [1.807, 2.05) is 18.3 Å². The minimum atomic E-state index is -0.515. The van der Waals surface area contributed by atoms with Crippen LogP contribution in [-0.4, -0.2) is 54.3 Å². The number of fused-ring (bicyclic) bond motifs is 1. The highest BCUT2D eigenvalue weighted by Gasteiger charge is 2.16. The van der Waals surface area contributed by atoms with Crippen LogP contribution in [0.25, 0.3) is 11.3 Å². The zero-order valence-corrected chi connectivity index (χ0v) is 17.5. The number of nitrogens with one attached hydrogen (secondary N) is 2. The van der Waals surface area contributed by atoms with Crippen molar-refractivity contribution in [3.05, 3.63) is 48.5 Å². The maximum atomic E-state index is 14.4. The monoisotopic (exact) mass is 444 g/mol. The molecule has 1 saturated heterocycles. The fourth-order valence-corrected chi connectivity index (χ4v) is 3.51. The molecule has 10 heteroatoms. The third-order valence-corrected chi connectivity index (χ3v) is 5.03. The van der Waals surface area contributed by atoms with Gasteiger partial charge in [0.2, 0.25) is 5.95 Å². The van der Waals surface area contributed by atoms with E-state index < -0.39 is 5.82 Å². The largest absolute Gasteiger partial charge is 0.486 e. The van der Waals surface area contributed by atoms with E-state index in [2.05, 4.69) is 30.5 Å². The van der Waals surface area contributed by atoms with Gasteiger partial charge < -0.3 is 25.0 Å². The summed E-state index contributed by atoms with van der Waals surface area (Å²) in [7, 11) is 0. The molecule has 0 saturated carbocycles. The van der Waals surface area contributed by atoms with Gasteiger partial charge in [-0.3, -0.25) is 0 Å².